The maximum Gasteiger partial charge on any atom is 0.161 e. The van der Waals surface area contributed by atoms with Crippen molar-refractivity contribution >= 4 is 63.4 Å². The molecule has 0 unspecified atom stereocenters. The van der Waals surface area contributed by atoms with E-state index in [9.17, 15) is 0 Å². The second kappa shape index (κ2) is 11.5. The lowest BCUT2D eigenvalue weighted by Gasteiger charge is -2.06. The van der Waals surface area contributed by atoms with Crippen LogP contribution in [0.5, 0.6) is 0 Å². The Morgan fingerprint density at radius 2 is 1.47 bits per heavy atom. The smallest absolute Gasteiger partial charge is 0.161 e. The van der Waals surface area contributed by atoms with Gasteiger partial charge in [0, 0.05) is 32.5 Å². The molecule has 0 amide bonds. The Labute approximate surface area is 260 Å². The van der Waals surface area contributed by atoms with Gasteiger partial charge in [0.1, 0.15) is 22.2 Å². The lowest BCUT2D eigenvalue weighted by Crippen LogP contribution is -2.24. The highest BCUT2D eigenvalue weighted by Gasteiger charge is 2.16. The molecule has 0 aliphatic carbocycles. The summed E-state index contributed by atoms with van der Waals surface area (Å²) in [6, 6.07) is 38.4. The molecule has 0 aliphatic rings. The van der Waals surface area contributed by atoms with Crippen molar-refractivity contribution in [1.82, 2.24) is 0 Å². The Kier molecular flexibility index (Phi) is 7.12. The number of hydrogen-bond acceptors (Lipinski definition) is 3. The van der Waals surface area contributed by atoms with Gasteiger partial charge in [-0.3, -0.25) is 5.41 Å². The second-order valence-electron chi connectivity index (χ2n) is 10.7. The molecule has 2 aromatic heterocycles. The van der Waals surface area contributed by atoms with Gasteiger partial charge in [-0.15, -0.1) is 0 Å². The van der Waals surface area contributed by atoms with Crippen molar-refractivity contribution in [2.24, 2.45) is 9.98 Å². The summed E-state index contributed by atoms with van der Waals surface area (Å²) < 4.78 is 12.5. The van der Waals surface area contributed by atoms with E-state index in [4.69, 9.17) is 14.2 Å². The van der Waals surface area contributed by atoms with Crippen LogP contribution in [0.15, 0.2) is 146 Å². The summed E-state index contributed by atoms with van der Waals surface area (Å²) in [6.45, 7) is 9.80. The fourth-order valence-corrected chi connectivity index (χ4v) is 5.88. The molecule has 0 spiro atoms. The molecule has 216 valence electrons. The molecule has 5 nitrogen and oxygen atoms in total. The first-order valence-electron chi connectivity index (χ1n) is 14.6. The number of rotatable bonds is 5. The first-order chi connectivity index (χ1) is 22.1. The number of allylic oxidation sites excluding steroid dienone is 1. The van der Waals surface area contributed by atoms with Gasteiger partial charge in [-0.05, 0) is 66.2 Å². The second-order valence-corrected chi connectivity index (χ2v) is 10.7. The Balaban J connectivity index is 1.41. The molecule has 45 heavy (non-hydrogen) atoms. The van der Waals surface area contributed by atoms with Crippen molar-refractivity contribution in [3.05, 3.63) is 144 Å². The summed E-state index contributed by atoms with van der Waals surface area (Å²) >= 11 is 0. The van der Waals surface area contributed by atoms with Crippen LogP contribution in [-0.4, -0.2) is 18.4 Å². The van der Waals surface area contributed by atoms with Crippen LogP contribution in [0.4, 0.5) is 0 Å². The molecule has 5 aromatic carbocycles. The van der Waals surface area contributed by atoms with Gasteiger partial charge in [-0.1, -0.05) is 104 Å². The fraction of sp³-hybridized carbons (Fsp3) is 0.0250. The van der Waals surface area contributed by atoms with Crippen LogP contribution in [0.25, 0.3) is 67.3 Å². The lowest BCUT2D eigenvalue weighted by atomic mass is 9.97. The fourth-order valence-electron chi connectivity index (χ4n) is 5.88. The molecule has 7 rings (SSSR count). The number of fused-ring (bicyclic) bond motifs is 4. The zero-order valence-electron chi connectivity index (χ0n) is 24.7. The number of amidine groups is 2. The Bertz CT molecular complexity index is 2430. The molecule has 0 saturated carbocycles. The van der Waals surface area contributed by atoms with Crippen LogP contribution in [0, 0.1) is 5.41 Å². The highest BCUT2D eigenvalue weighted by Crippen LogP contribution is 2.38. The first kappa shape index (κ1) is 27.7. The molecule has 0 radical (unpaired) electrons. The minimum Gasteiger partial charge on any atom is -0.457 e. The van der Waals surface area contributed by atoms with E-state index >= 15 is 0 Å². The molecule has 2 heterocycles. The third-order valence-corrected chi connectivity index (χ3v) is 7.93. The van der Waals surface area contributed by atoms with Gasteiger partial charge < -0.3 is 8.83 Å². The number of furan rings is 2. The summed E-state index contributed by atoms with van der Waals surface area (Å²) in [6.07, 6.45) is 3.74. The third kappa shape index (κ3) is 5.00. The molecular weight excluding hydrogens is 554 g/mol. The zero-order valence-corrected chi connectivity index (χ0v) is 24.7. The van der Waals surface area contributed by atoms with Gasteiger partial charge >= 0.3 is 0 Å². The van der Waals surface area contributed by atoms with Crippen LogP contribution >= 0.6 is 0 Å². The van der Waals surface area contributed by atoms with E-state index in [1.54, 1.807) is 0 Å². The highest BCUT2D eigenvalue weighted by molar-refractivity contribution is 6.25. The van der Waals surface area contributed by atoms with Crippen LogP contribution in [0.1, 0.15) is 12.5 Å². The third-order valence-electron chi connectivity index (χ3n) is 7.93. The lowest BCUT2D eigenvalue weighted by molar-refractivity contribution is 0.577. The SMILES string of the molecule is C=NC(=NC(=N)C(/C=C\C)=c1/c(=C)oc2ccc(-c3cccc4oc5cc(-c6ccccc6)ccc5c34)cc12)c1ccccc1. The van der Waals surface area contributed by atoms with E-state index in [1.807, 2.05) is 85.8 Å². The van der Waals surface area contributed by atoms with Crippen molar-refractivity contribution in [2.75, 3.05) is 0 Å². The summed E-state index contributed by atoms with van der Waals surface area (Å²) in [5.41, 5.74) is 8.45. The minimum atomic E-state index is 0.0366. The quantitative estimate of drug-likeness (QED) is 0.162. The Morgan fingerprint density at radius 1 is 0.711 bits per heavy atom. The molecule has 0 atom stereocenters. The van der Waals surface area contributed by atoms with Gasteiger partial charge in [-0.2, -0.15) is 0 Å². The van der Waals surface area contributed by atoms with Crippen molar-refractivity contribution in [3.63, 3.8) is 0 Å². The molecule has 1 N–H and O–H groups in total. The van der Waals surface area contributed by atoms with E-state index < -0.39 is 0 Å². The topological polar surface area (TPSA) is 74.8 Å². The van der Waals surface area contributed by atoms with E-state index in [2.05, 4.69) is 71.8 Å². The standard InChI is InChI=1S/C40H29N3O2/c1-4-12-32(39(41)43-40(42-3)27-15-9-6-10-16-27)37-25(2)44-34-22-20-29(23-33(34)37)30-17-11-18-35-38(30)31-21-19-28(24-36(31)45-35)26-13-7-5-8-14-26/h4-24,41H,2-3H2,1H3/b12-4-,37-32-,41-39?,43-40?. The number of hydrogen-bond donors (Lipinski definition) is 1. The van der Waals surface area contributed by atoms with Gasteiger partial charge in [0.15, 0.2) is 11.7 Å². The predicted molar refractivity (Wildman–Crippen MR) is 188 cm³/mol. The average molecular weight is 584 g/mol. The Morgan fingerprint density at radius 3 is 2.22 bits per heavy atom. The van der Waals surface area contributed by atoms with E-state index in [0.29, 0.717) is 27.6 Å². The maximum absolute atomic E-state index is 9.01. The van der Waals surface area contributed by atoms with Crippen LogP contribution in [0.2, 0.25) is 0 Å². The normalized spacial score (nSPS) is 12.8. The molecule has 0 aliphatic heterocycles. The molecule has 0 saturated heterocycles. The maximum atomic E-state index is 9.01. The van der Waals surface area contributed by atoms with Crippen molar-refractivity contribution in [2.45, 2.75) is 6.92 Å². The molecule has 5 heteroatoms. The molecule has 0 bridgehead atoms. The van der Waals surface area contributed by atoms with E-state index in [-0.39, 0.29) is 5.84 Å². The molecular formula is C40H29N3O2. The number of benzene rings is 5. The van der Waals surface area contributed by atoms with Gasteiger partial charge in [0.05, 0.1) is 0 Å². The van der Waals surface area contributed by atoms with Crippen LogP contribution in [-0.2, 0) is 0 Å². The van der Waals surface area contributed by atoms with Gasteiger partial charge in [0.2, 0.25) is 0 Å². The highest BCUT2D eigenvalue weighted by atomic mass is 16.3. The van der Waals surface area contributed by atoms with E-state index in [1.165, 1.54) is 0 Å². The number of nitrogens with zero attached hydrogens (tertiary/aromatic N) is 2. The van der Waals surface area contributed by atoms with Crippen molar-refractivity contribution in [3.8, 4) is 22.3 Å². The summed E-state index contributed by atoms with van der Waals surface area (Å²) in [4.78, 5) is 8.67. The molecule has 7 aromatic rings. The summed E-state index contributed by atoms with van der Waals surface area (Å²) in [7, 11) is 0. The summed E-state index contributed by atoms with van der Waals surface area (Å²) in [5, 5.41) is 12.7. The van der Waals surface area contributed by atoms with Gasteiger partial charge in [0.25, 0.3) is 0 Å². The van der Waals surface area contributed by atoms with Crippen LogP contribution in [0.3, 0.4) is 0 Å². The Hall–Kier alpha value is -6.07. The van der Waals surface area contributed by atoms with Crippen molar-refractivity contribution < 1.29 is 8.83 Å². The van der Waals surface area contributed by atoms with Gasteiger partial charge in [-0.25, -0.2) is 9.98 Å². The predicted octanol–water partition coefficient (Wildman–Crippen LogP) is 8.93. The molecule has 0 fully saturated rings. The van der Waals surface area contributed by atoms with E-state index in [0.717, 1.165) is 55.1 Å². The zero-order chi connectivity index (χ0) is 30.9. The monoisotopic (exact) mass is 583 g/mol. The summed E-state index contributed by atoms with van der Waals surface area (Å²) in [5.74, 6) is 0.408. The largest absolute Gasteiger partial charge is 0.457 e. The van der Waals surface area contributed by atoms with Crippen LogP contribution < -0.4 is 10.6 Å². The number of aliphatic imine (C=N–C) groups is 2. The first-order valence-corrected chi connectivity index (χ1v) is 14.6. The number of nitrogens with one attached hydrogen (secondary N) is 1. The average Bonchev–Trinajstić information content (AvgIpc) is 3.62. The minimum absolute atomic E-state index is 0.0366. The van der Waals surface area contributed by atoms with Crippen molar-refractivity contribution in [1.29, 1.82) is 5.41 Å².